The molecule has 0 fully saturated rings. The van der Waals surface area contributed by atoms with Gasteiger partial charge >= 0.3 is 0 Å². The van der Waals surface area contributed by atoms with Gasteiger partial charge in [-0.05, 0) is 19.2 Å². The molecule has 0 aromatic rings. The second-order valence-corrected chi connectivity index (χ2v) is 3.39. The lowest BCUT2D eigenvalue weighted by Gasteiger charge is -2.13. The first-order valence-electron chi connectivity index (χ1n) is 2.60. The van der Waals surface area contributed by atoms with Crippen LogP contribution in [0.1, 0.15) is 13.8 Å². The lowest BCUT2D eigenvalue weighted by Crippen LogP contribution is -2.25. The molecule has 0 atom stereocenters. The number of ketones is 1. The fourth-order valence-corrected chi connectivity index (χ4v) is 1.35. The van der Waals surface area contributed by atoms with Crippen LogP contribution < -0.4 is 0 Å². The van der Waals surface area contributed by atoms with Gasteiger partial charge in [-0.25, -0.2) is 0 Å². The van der Waals surface area contributed by atoms with Gasteiger partial charge < -0.3 is 0 Å². The molecule has 9 heavy (non-hydrogen) atoms. The third kappa shape index (κ3) is 2.71. The van der Waals surface area contributed by atoms with Crippen molar-refractivity contribution in [1.82, 2.24) is 0 Å². The molecule has 0 heterocycles. The number of hydrogen-bond donors (Lipinski definition) is 0. The van der Waals surface area contributed by atoms with E-state index < -0.39 is 5.41 Å². The van der Waals surface area contributed by atoms with E-state index in [0.29, 0.717) is 4.43 Å². The number of thiocarbonyl (C=S) groups is 1. The monoisotopic (exact) mass is 256 g/mol. The quantitative estimate of drug-likeness (QED) is 0.436. The topological polar surface area (TPSA) is 17.1 Å². The third-order valence-electron chi connectivity index (χ3n) is 1.13. The average Bonchev–Trinajstić information content (AvgIpc) is 1.86. The Morgan fingerprint density at radius 2 is 2.22 bits per heavy atom. The van der Waals surface area contributed by atoms with Gasteiger partial charge in [0.25, 0.3) is 0 Å². The van der Waals surface area contributed by atoms with Crippen molar-refractivity contribution in [3.8, 4) is 0 Å². The van der Waals surface area contributed by atoms with Crippen molar-refractivity contribution >= 4 is 46.0 Å². The molecule has 52 valence electrons. The molecule has 0 aliphatic rings. The Balaban J connectivity index is 4.14. The summed E-state index contributed by atoms with van der Waals surface area (Å²) in [7, 11) is 0. The Bertz CT molecular complexity index is 131. The van der Waals surface area contributed by atoms with E-state index in [-0.39, 0.29) is 5.78 Å². The maximum absolute atomic E-state index is 11.0. The van der Waals surface area contributed by atoms with Crippen LogP contribution in [-0.2, 0) is 4.79 Å². The maximum Gasteiger partial charge on any atom is 0.152 e. The first-order chi connectivity index (χ1) is 4.04. The number of carbonyl (C=O) groups excluding carboxylic acids is 1. The van der Waals surface area contributed by atoms with E-state index >= 15 is 0 Å². The van der Waals surface area contributed by atoms with Crippen molar-refractivity contribution in [2.24, 2.45) is 5.41 Å². The first-order valence-corrected chi connectivity index (χ1v) is 4.60. The zero-order chi connectivity index (χ0) is 7.49. The summed E-state index contributed by atoms with van der Waals surface area (Å²) < 4.78 is 0.540. The minimum atomic E-state index is -0.406. The van der Waals surface area contributed by atoms with Crippen molar-refractivity contribution in [2.75, 3.05) is 4.43 Å². The number of halogens is 1. The molecule has 0 spiro atoms. The molecular formula is C6H9IOS. The fraction of sp³-hybridized carbons (Fsp3) is 0.667. The molecule has 0 saturated carbocycles. The van der Waals surface area contributed by atoms with Gasteiger partial charge in [-0.3, -0.25) is 4.79 Å². The van der Waals surface area contributed by atoms with E-state index in [1.807, 2.05) is 36.4 Å². The Labute approximate surface area is 74.3 Å². The molecule has 0 aromatic heterocycles. The highest BCUT2D eigenvalue weighted by Crippen LogP contribution is 2.14. The van der Waals surface area contributed by atoms with Gasteiger partial charge in [0.1, 0.15) is 0 Å². The van der Waals surface area contributed by atoms with Gasteiger partial charge in [-0.1, -0.05) is 34.8 Å². The number of alkyl halides is 1. The molecule has 0 saturated heterocycles. The minimum Gasteiger partial charge on any atom is -0.298 e. The summed E-state index contributed by atoms with van der Waals surface area (Å²) in [5.41, 5.74) is -0.406. The number of Topliss-reactive ketones (excluding diaryl/α,β-unsaturated/α-hetero) is 1. The summed E-state index contributed by atoms with van der Waals surface area (Å²) in [6.07, 6.45) is 0. The molecule has 1 nitrogen and oxygen atoms in total. The molecule has 0 N–H and O–H groups in total. The summed E-state index contributed by atoms with van der Waals surface area (Å²) in [6.45, 7) is 3.67. The van der Waals surface area contributed by atoms with Crippen molar-refractivity contribution in [3.63, 3.8) is 0 Å². The van der Waals surface area contributed by atoms with E-state index in [1.165, 1.54) is 5.37 Å². The summed E-state index contributed by atoms with van der Waals surface area (Å²) in [6, 6.07) is 0. The van der Waals surface area contributed by atoms with Crippen molar-refractivity contribution < 1.29 is 4.79 Å². The van der Waals surface area contributed by atoms with Gasteiger partial charge in [0.05, 0.1) is 9.84 Å². The molecule has 0 unspecified atom stereocenters. The van der Waals surface area contributed by atoms with Crippen LogP contribution >= 0.6 is 34.8 Å². The van der Waals surface area contributed by atoms with Crippen LogP contribution in [0.4, 0.5) is 0 Å². The van der Waals surface area contributed by atoms with E-state index in [1.54, 1.807) is 0 Å². The number of hydrogen-bond acceptors (Lipinski definition) is 2. The Morgan fingerprint density at radius 1 is 1.78 bits per heavy atom. The predicted molar refractivity (Wildman–Crippen MR) is 51.3 cm³/mol. The van der Waals surface area contributed by atoms with Crippen LogP contribution in [0, 0.1) is 5.41 Å². The maximum atomic E-state index is 11.0. The van der Waals surface area contributed by atoms with E-state index in [4.69, 9.17) is 0 Å². The van der Waals surface area contributed by atoms with Gasteiger partial charge in [-0.2, -0.15) is 0 Å². The minimum absolute atomic E-state index is 0.193. The number of rotatable bonds is 3. The molecule has 0 rings (SSSR count). The average molecular weight is 256 g/mol. The highest BCUT2D eigenvalue weighted by Gasteiger charge is 2.22. The lowest BCUT2D eigenvalue weighted by molar-refractivity contribution is -0.121. The SMILES string of the molecule is CC(C)(C=S)C(=O)CI. The number of carbonyl (C=O) groups is 1. The van der Waals surface area contributed by atoms with E-state index in [9.17, 15) is 4.79 Å². The van der Waals surface area contributed by atoms with Crippen LogP contribution in [0.5, 0.6) is 0 Å². The second-order valence-electron chi connectivity index (χ2n) is 2.40. The van der Waals surface area contributed by atoms with Crippen LogP contribution in [0.2, 0.25) is 0 Å². The summed E-state index contributed by atoms with van der Waals surface area (Å²) in [5.74, 6) is 0.193. The summed E-state index contributed by atoms with van der Waals surface area (Å²) in [5, 5.41) is 1.52. The zero-order valence-electron chi connectivity index (χ0n) is 5.48. The Morgan fingerprint density at radius 3 is 2.33 bits per heavy atom. The van der Waals surface area contributed by atoms with Crippen LogP contribution in [0.25, 0.3) is 0 Å². The van der Waals surface area contributed by atoms with Crippen molar-refractivity contribution in [1.29, 1.82) is 0 Å². The normalized spacial score (nSPS) is 11.0. The summed E-state index contributed by atoms with van der Waals surface area (Å²) in [4.78, 5) is 11.0. The second kappa shape index (κ2) is 3.61. The predicted octanol–water partition coefficient (Wildman–Crippen LogP) is 2.02. The largest absolute Gasteiger partial charge is 0.298 e. The Kier molecular flexibility index (Phi) is 3.80. The highest BCUT2D eigenvalue weighted by molar-refractivity contribution is 14.1. The molecule has 0 aromatic carbocycles. The van der Waals surface area contributed by atoms with Crippen LogP contribution in [0.15, 0.2) is 0 Å². The molecule has 0 bridgehead atoms. The van der Waals surface area contributed by atoms with Crippen molar-refractivity contribution in [2.45, 2.75) is 13.8 Å². The van der Waals surface area contributed by atoms with Gasteiger partial charge in [-0.15, -0.1) is 0 Å². The van der Waals surface area contributed by atoms with Crippen LogP contribution in [0.3, 0.4) is 0 Å². The third-order valence-corrected chi connectivity index (χ3v) is 2.42. The fourth-order valence-electron chi connectivity index (χ4n) is 0.238. The Hall–Kier alpha value is 0.490. The lowest BCUT2D eigenvalue weighted by atomic mass is 9.92. The highest BCUT2D eigenvalue weighted by atomic mass is 127. The molecular weight excluding hydrogens is 247 g/mol. The standard InChI is InChI=1S/C6H9IOS/c1-6(2,4-9)5(8)3-7/h4H,3H2,1-2H3. The van der Waals surface area contributed by atoms with Gasteiger partial charge in [0.2, 0.25) is 0 Å². The van der Waals surface area contributed by atoms with Gasteiger partial charge in [0.15, 0.2) is 5.78 Å². The van der Waals surface area contributed by atoms with E-state index in [2.05, 4.69) is 12.2 Å². The van der Waals surface area contributed by atoms with Gasteiger partial charge in [0, 0.05) is 0 Å². The summed E-state index contributed by atoms with van der Waals surface area (Å²) >= 11 is 6.73. The van der Waals surface area contributed by atoms with E-state index in [0.717, 1.165) is 0 Å². The molecule has 0 aliphatic heterocycles. The molecule has 3 heteroatoms. The smallest absolute Gasteiger partial charge is 0.152 e. The van der Waals surface area contributed by atoms with Crippen molar-refractivity contribution in [3.05, 3.63) is 0 Å². The molecule has 0 amide bonds. The first kappa shape index (κ1) is 9.49. The zero-order valence-corrected chi connectivity index (χ0v) is 8.45. The molecule has 0 aliphatic carbocycles. The van der Waals surface area contributed by atoms with Crippen LogP contribution in [-0.4, -0.2) is 15.6 Å². The molecule has 0 radical (unpaired) electrons.